The molecule has 0 aromatic heterocycles. The van der Waals surface area contributed by atoms with Gasteiger partial charge >= 0.3 is 5.97 Å². The fraction of sp³-hybridized carbons (Fsp3) is 0.755. The van der Waals surface area contributed by atoms with E-state index in [2.05, 4.69) is 86.8 Å². The van der Waals surface area contributed by atoms with Crippen LogP contribution in [0.15, 0.2) is 72.9 Å². The molecule has 0 bridgehead atoms. The second kappa shape index (κ2) is 50.0. The van der Waals surface area contributed by atoms with Crippen molar-refractivity contribution in [3.63, 3.8) is 0 Å². The lowest BCUT2D eigenvalue weighted by molar-refractivity contribution is -0.154. The quantitative estimate of drug-likeness (QED) is 0.0379. The van der Waals surface area contributed by atoms with Gasteiger partial charge in [0.2, 0.25) is 0 Å². The first kappa shape index (κ1) is 54.8. The Morgan fingerprint density at radius 2 is 0.789 bits per heavy atom. The molecule has 0 aliphatic heterocycles. The molecule has 4 nitrogen and oxygen atoms in total. The summed E-state index contributed by atoms with van der Waals surface area (Å²) in [6.45, 7) is 5.23. The van der Waals surface area contributed by atoms with Crippen molar-refractivity contribution in [1.29, 1.82) is 0 Å². The molecule has 330 valence electrons. The molecule has 1 atom stereocenters. The average molecular weight is 795 g/mol. The molecule has 0 aromatic carbocycles. The van der Waals surface area contributed by atoms with E-state index < -0.39 is 6.10 Å². The monoisotopic (exact) mass is 795 g/mol. The molecule has 0 aromatic rings. The van der Waals surface area contributed by atoms with Crippen LogP contribution in [0, 0.1) is 0 Å². The van der Waals surface area contributed by atoms with E-state index in [-0.39, 0.29) is 12.6 Å². The van der Waals surface area contributed by atoms with Crippen LogP contribution in [0.3, 0.4) is 0 Å². The Bertz CT molecular complexity index is 973. The number of carbonyl (C=O) groups is 1. The summed E-state index contributed by atoms with van der Waals surface area (Å²) in [7, 11) is 0. The van der Waals surface area contributed by atoms with E-state index in [0.29, 0.717) is 19.6 Å². The summed E-state index contributed by atoms with van der Waals surface area (Å²) in [5.41, 5.74) is 0. The second-order valence-corrected chi connectivity index (χ2v) is 16.2. The fourth-order valence-electron chi connectivity index (χ4n) is 6.88. The smallest absolute Gasteiger partial charge is 0.306 e. The third-order valence-corrected chi connectivity index (χ3v) is 10.5. The van der Waals surface area contributed by atoms with Gasteiger partial charge in [-0.1, -0.05) is 215 Å². The number of carbonyl (C=O) groups excluding carboxylic acids is 1. The zero-order valence-corrected chi connectivity index (χ0v) is 37.8. The van der Waals surface area contributed by atoms with Crippen LogP contribution < -0.4 is 0 Å². The number of hydrogen-bond donors (Lipinski definition) is 1. The van der Waals surface area contributed by atoms with Crippen LogP contribution in [0.25, 0.3) is 0 Å². The van der Waals surface area contributed by atoms with Gasteiger partial charge in [0.15, 0.2) is 0 Å². The molecular formula is C53H94O4. The summed E-state index contributed by atoms with van der Waals surface area (Å²) in [5, 5.41) is 9.64. The Morgan fingerprint density at radius 3 is 1.19 bits per heavy atom. The number of rotatable bonds is 45. The van der Waals surface area contributed by atoms with Crippen LogP contribution in [0.5, 0.6) is 0 Å². The predicted molar refractivity (Wildman–Crippen MR) is 251 cm³/mol. The number of esters is 1. The van der Waals surface area contributed by atoms with Crippen molar-refractivity contribution in [2.75, 3.05) is 19.8 Å². The van der Waals surface area contributed by atoms with E-state index in [4.69, 9.17) is 9.47 Å². The number of aliphatic hydroxyl groups excluding tert-OH is 1. The van der Waals surface area contributed by atoms with Crippen molar-refractivity contribution < 1.29 is 19.4 Å². The molecule has 0 saturated carbocycles. The second-order valence-electron chi connectivity index (χ2n) is 16.2. The highest BCUT2D eigenvalue weighted by Crippen LogP contribution is 2.14. The van der Waals surface area contributed by atoms with Crippen LogP contribution in [0.2, 0.25) is 0 Å². The fourth-order valence-corrected chi connectivity index (χ4v) is 6.88. The molecule has 0 heterocycles. The van der Waals surface area contributed by atoms with Crippen molar-refractivity contribution in [2.24, 2.45) is 0 Å². The number of hydrogen-bond acceptors (Lipinski definition) is 4. The SMILES string of the molecule is CC/C=C\C/C=C\C/C=C\C/C=C\CCCCCCCCCCCCC(=O)OC(CO)COCCCCCCCCCCCC/C=C\C/C=C\CCCCCCC. The van der Waals surface area contributed by atoms with Gasteiger partial charge in [-0.15, -0.1) is 0 Å². The maximum Gasteiger partial charge on any atom is 0.306 e. The Morgan fingerprint density at radius 1 is 0.439 bits per heavy atom. The molecule has 0 aliphatic carbocycles. The standard InChI is InChI=1S/C53H94O4/c1-3-5-7-9-11-13-15-17-19-21-23-25-27-28-30-32-34-36-38-40-42-44-46-48-53(55)57-52(50-54)51-56-49-47-45-43-41-39-37-35-33-31-29-26-24-22-20-18-16-14-12-10-8-6-4-2/h5,7,11,13,16-19,22-25,52,54H,3-4,6,8-10,12,14-15,20-21,26-51H2,1-2H3/b7-5-,13-11-,18-16-,19-17-,24-22-,25-23-. The molecule has 57 heavy (non-hydrogen) atoms. The average Bonchev–Trinajstić information content (AvgIpc) is 3.22. The minimum atomic E-state index is -0.542. The summed E-state index contributed by atoms with van der Waals surface area (Å²) in [5.74, 6) is -0.207. The van der Waals surface area contributed by atoms with Crippen LogP contribution in [-0.2, 0) is 14.3 Å². The van der Waals surface area contributed by atoms with Crippen molar-refractivity contribution in [1.82, 2.24) is 0 Å². The lowest BCUT2D eigenvalue weighted by Gasteiger charge is -2.16. The molecule has 0 aliphatic rings. The summed E-state index contributed by atoms with van der Waals surface area (Å²) in [4.78, 5) is 12.3. The van der Waals surface area contributed by atoms with Gasteiger partial charge in [-0.3, -0.25) is 4.79 Å². The van der Waals surface area contributed by atoms with Gasteiger partial charge in [0.25, 0.3) is 0 Å². The van der Waals surface area contributed by atoms with E-state index in [1.807, 2.05) is 0 Å². The molecule has 1 unspecified atom stereocenters. The first-order valence-electron chi connectivity index (χ1n) is 24.5. The van der Waals surface area contributed by atoms with Crippen molar-refractivity contribution in [3.8, 4) is 0 Å². The van der Waals surface area contributed by atoms with Crippen molar-refractivity contribution >= 4 is 5.97 Å². The highest BCUT2D eigenvalue weighted by molar-refractivity contribution is 5.69. The largest absolute Gasteiger partial charge is 0.457 e. The highest BCUT2D eigenvalue weighted by atomic mass is 16.6. The topological polar surface area (TPSA) is 55.8 Å². The first-order chi connectivity index (χ1) is 28.2. The van der Waals surface area contributed by atoms with Gasteiger partial charge in [-0.2, -0.15) is 0 Å². The zero-order chi connectivity index (χ0) is 41.2. The molecule has 0 radical (unpaired) electrons. The van der Waals surface area contributed by atoms with Crippen molar-refractivity contribution in [3.05, 3.63) is 72.9 Å². The van der Waals surface area contributed by atoms with E-state index in [1.165, 1.54) is 161 Å². The molecular weight excluding hydrogens is 701 g/mol. The lowest BCUT2D eigenvalue weighted by Crippen LogP contribution is -2.27. The lowest BCUT2D eigenvalue weighted by atomic mass is 10.0. The highest BCUT2D eigenvalue weighted by Gasteiger charge is 2.13. The van der Waals surface area contributed by atoms with Crippen LogP contribution >= 0.6 is 0 Å². The van der Waals surface area contributed by atoms with Gasteiger partial charge in [0.05, 0.1) is 13.2 Å². The van der Waals surface area contributed by atoms with Gasteiger partial charge in [0, 0.05) is 13.0 Å². The normalized spacial score (nSPS) is 13.0. The van der Waals surface area contributed by atoms with Gasteiger partial charge in [0.1, 0.15) is 6.10 Å². The van der Waals surface area contributed by atoms with Gasteiger partial charge in [-0.25, -0.2) is 0 Å². The Hall–Kier alpha value is -2.17. The minimum absolute atomic E-state index is 0.177. The summed E-state index contributed by atoms with van der Waals surface area (Å²) >= 11 is 0. The number of unbranched alkanes of at least 4 members (excludes halogenated alkanes) is 25. The van der Waals surface area contributed by atoms with Crippen LogP contribution in [-0.4, -0.2) is 37.0 Å². The first-order valence-corrected chi connectivity index (χ1v) is 24.5. The van der Waals surface area contributed by atoms with Crippen molar-refractivity contribution in [2.45, 2.75) is 238 Å². The Balaban J connectivity index is 3.44. The Labute approximate surface area is 355 Å². The molecule has 0 rings (SSSR count). The molecule has 1 N–H and O–H groups in total. The van der Waals surface area contributed by atoms with E-state index in [0.717, 1.165) is 51.4 Å². The maximum atomic E-state index is 12.3. The summed E-state index contributed by atoms with van der Waals surface area (Å²) in [6, 6.07) is 0. The molecule has 0 spiro atoms. The van der Waals surface area contributed by atoms with Gasteiger partial charge < -0.3 is 14.6 Å². The van der Waals surface area contributed by atoms with E-state index in [9.17, 15) is 9.90 Å². The van der Waals surface area contributed by atoms with Crippen LogP contribution in [0.1, 0.15) is 232 Å². The van der Waals surface area contributed by atoms with E-state index >= 15 is 0 Å². The van der Waals surface area contributed by atoms with Gasteiger partial charge in [-0.05, 0) is 83.5 Å². The molecule has 0 saturated heterocycles. The Kier molecular flexibility index (Phi) is 48.1. The number of allylic oxidation sites excluding steroid dienone is 12. The number of ether oxygens (including phenoxy) is 2. The predicted octanol–water partition coefficient (Wildman–Crippen LogP) is 16.5. The summed E-state index contributed by atoms with van der Waals surface area (Å²) in [6.07, 6.45) is 68.4. The third kappa shape index (κ3) is 48.1. The minimum Gasteiger partial charge on any atom is -0.457 e. The third-order valence-electron chi connectivity index (χ3n) is 10.5. The van der Waals surface area contributed by atoms with Crippen LogP contribution in [0.4, 0.5) is 0 Å². The molecule has 0 amide bonds. The molecule has 0 fully saturated rings. The maximum absolute atomic E-state index is 12.3. The van der Waals surface area contributed by atoms with E-state index in [1.54, 1.807) is 0 Å². The summed E-state index contributed by atoms with van der Waals surface area (Å²) < 4.78 is 11.2. The molecule has 4 heteroatoms. The zero-order valence-electron chi connectivity index (χ0n) is 37.8. The number of aliphatic hydroxyl groups is 1.